The van der Waals surface area contributed by atoms with E-state index < -0.39 is 0 Å². The van der Waals surface area contributed by atoms with Crippen molar-refractivity contribution in [1.82, 2.24) is 24.9 Å². The van der Waals surface area contributed by atoms with Crippen molar-refractivity contribution in [2.75, 3.05) is 25.5 Å². The zero-order valence-corrected chi connectivity index (χ0v) is 17.1. The summed E-state index contributed by atoms with van der Waals surface area (Å²) in [5.74, 6) is 1.64. The second kappa shape index (κ2) is 9.00. The highest BCUT2D eigenvalue weighted by molar-refractivity contribution is 6.31. The fourth-order valence-corrected chi connectivity index (χ4v) is 3.39. The molecule has 0 bridgehead atoms. The lowest BCUT2D eigenvalue weighted by molar-refractivity contribution is 0.110. The number of carbonyl (C=O) groups is 1. The molecule has 156 valence electrons. The summed E-state index contributed by atoms with van der Waals surface area (Å²) < 4.78 is 12.8. The molecule has 9 nitrogen and oxygen atoms in total. The lowest BCUT2D eigenvalue weighted by atomic mass is 10.1. The Morgan fingerprint density at radius 1 is 1.20 bits per heavy atom. The Bertz CT molecular complexity index is 988. The first-order valence-electron chi connectivity index (χ1n) is 9.52. The fourth-order valence-electron chi connectivity index (χ4n) is 3.22. The number of nitrogens with one attached hydrogen (secondary N) is 1. The highest BCUT2D eigenvalue weighted by Gasteiger charge is 2.25. The maximum atomic E-state index is 12.6. The fraction of sp³-hybridized carbons (Fsp3) is 0.300. The van der Waals surface area contributed by atoms with Crippen LogP contribution in [0.15, 0.2) is 48.8 Å². The van der Waals surface area contributed by atoms with Gasteiger partial charge in [-0.2, -0.15) is 5.10 Å². The molecule has 1 aliphatic rings. The van der Waals surface area contributed by atoms with E-state index in [2.05, 4.69) is 20.6 Å². The number of amides is 2. The molecule has 2 amide bonds. The number of rotatable bonds is 5. The molecule has 4 rings (SSSR count). The molecule has 1 saturated heterocycles. The number of urea groups is 1. The van der Waals surface area contributed by atoms with Gasteiger partial charge in [0, 0.05) is 49.4 Å². The smallest absolute Gasteiger partial charge is 0.321 e. The van der Waals surface area contributed by atoms with Crippen LogP contribution in [0.3, 0.4) is 0 Å². The minimum atomic E-state index is -0.197. The minimum Gasteiger partial charge on any atom is -0.495 e. The summed E-state index contributed by atoms with van der Waals surface area (Å²) in [5, 5.41) is 15.7. The van der Waals surface area contributed by atoms with Gasteiger partial charge in [-0.05, 0) is 30.3 Å². The molecule has 1 N–H and O–H groups in total. The molecule has 0 saturated carbocycles. The van der Waals surface area contributed by atoms with E-state index in [1.54, 1.807) is 59.4 Å². The van der Waals surface area contributed by atoms with Crippen molar-refractivity contribution in [3.63, 3.8) is 0 Å². The van der Waals surface area contributed by atoms with Gasteiger partial charge in [0.05, 0.1) is 12.8 Å². The molecule has 1 fully saturated rings. The van der Waals surface area contributed by atoms with Gasteiger partial charge in [-0.3, -0.25) is 0 Å². The van der Waals surface area contributed by atoms with E-state index in [9.17, 15) is 4.79 Å². The highest BCUT2D eigenvalue weighted by atomic mass is 35.5. The number of halogens is 1. The molecule has 0 aliphatic carbocycles. The first-order chi connectivity index (χ1) is 14.6. The Balaban J connectivity index is 1.29. The lowest BCUT2D eigenvalue weighted by Gasteiger charge is -2.32. The first-order valence-corrected chi connectivity index (χ1v) is 9.90. The first kappa shape index (κ1) is 20.0. The summed E-state index contributed by atoms with van der Waals surface area (Å²) in [7, 11) is 1.55. The number of aromatic nitrogens is 4. The Kier molecular flexibility index (Phi) is 5.99. The number of nitrogens with zero attached hydrogens (tertiary/aromatic N) is 5. The average molecular weight is 429 g/mol. The molecular formula is C20H21ClN6O3. The summed E-state index contributed by atoms with van der Waals surface area (Å²) in [6, 6.07) is 10.3. The molecular weight excluding hydrogens is 408 g/mol. The summed E-state index contributed by atoms with van der Waals surface area (Å²) >= 11 is 6.03. The van der Waals surface area contributed by atoms with E-state index >= 15 is 0 Å². The number of benzene rings is 1. The van der Waals surface area contributed by atoms with Crippen molar-refractivity contribution in [3.8, 4) is 17.4 Å². The molecule has 1 aliphatic heterocycles. The maximum Gasteiger partial charge on any atom is 0.321 e. The van der Waals surface area contributed by atoms with E-state index in [1.165, 1.54) is 0 Å². The van der Waals surface area contributed by atoms with Crippen LogP contribution in [0, 0.1) is 0 Å². The van der Waals surface area contributed by atoms with E-state index in [4.69, 9.17) is 21.1 Å². The number of carbonyl (C=O) groups excluding carboxylic acids is 1. The van der Waals surface area contributed by atoms with Crippen molar-refractivity contribution < 1.29 is 14.3 Å². The predicted molar refractivity (Wildman–Crippen MR) is 111 cm³/mol. The molecule has 0 spiro atoms. The number of anilines is 1. The second-order valence-electron chi connectivity index (χ2n) is 6.76. The third-order valence-corrected chi connectivity index (χ3v) is 5.02. The molecule has 2 aromatic heterocycles. The van der Waals surface area contributed by atoms with E-state index in [0.29, 0.717) is 54.1 Å². The quantitative estimate of drug-likeness (QED) is 0.669. The van der Waals surface area contributed by atoms with Crippen LogP contribution < -0.4 is 14.8 Å². The van der Waals surface area contributed by atoms with Gasteiger partial charge in [0.2, 0.25) is 5.88 Å². The van der Waals surface area contributed by atoms with Gasteiger partial charge in [-0.25, -0.2) is 9.48 Å². The SMILES string of the molecule is COc1ccc(Cl)cc1NC(=O)N1CCC(Oc2ccc(-n3cccn3)nn2)CC1. The van der Waals surface area contributed by atoms with Gasteiger partial charge < -0.3 is 19.7 Å². The molecule has 30 heavy (non-hydrogen) atoms. The van der Waals surface area contributed by atoms with E-state index in [0.717, 1.165) is 0 Å². The average Bonchev–Trinajstić information content (AvgIpc) is 3.30. The number of hydrogen-bond acceptors (Lipinski definition) is 6. The third kappa shape index (κ3) is 4.62. The molecule has 10 heteroatoms. The Morgan fingerprint density at radius 3 is 2.70 bits per heavy atom. The lowest BCUT2D eigenvalue weighted by Crippen LogP contribution is -2.43. The van der Waals surface area contributed by atoms with Crippen LogP contribution in [0.1, 0.15) is 12.8 Å². The van der Waals surface area contributed by atoms with Gasteiger partial charge in [0.15, 0.2) is 5.82 Å². The minimum absolute atomic E-state index is 0.0281. The topological polar surface area (TPSA) is 94.4 Å². The van der Waals surface area contributed by atoms with Gasteiger partial charge in [-0.1, -0.05) is 11.6 Å². The second-order valence-corrected chi connectivity index (χ2v) is 7.20. The summed E-state index contributed by atoms with van der Waals surface area (Å²) in [6.45, 7) is 1.14. The van der Waals surface area contributed by atoms with Crippen LogP contribution in [-0.4, -0.2) is 57.2 Å². The molecule has 0 unspecified atom stereocenters. The van der Waals surface area contributed by atoms with Crippen molar-refractivity contribution in [2.24, 2.45) is 0 Å². The zero-order chi connectivity index (χ0) is 20.9. The molecule has 1 aromatic carbocycles. The standard InChI is InChI=1S/C20H21ClN6O3/c1-29-17-4-3-14(21)13-16(17)23-20(28)26-11-7-15(8-12-26)30-19-6-5-18(24-25-19)27-10-2-9-22-27/h2-6,9-10,13,15H,7-8,11-12H2,1H3,(H,23,28). The number of methoxy groups -OCH3 is 1. The number of piperidine rings is 1. The van der Waals surface area contributed by atoms with Gasteiger partial charge in [-0.15, -0.1) is 10.2 Å². The summed E-state index contributed by atoms with van der Waals surface area (Å²) in [5.41, 5.74) is 0.543. The van der Waals surface area contributed by atoms with Crippen LogP contribution in [0.4, 0.5) is 10.5 Å². The maximum absolute atomic E-state index is 12.6. The van der Waals surface area contributed by atoms with Crippen LogP contribution >= 0.6 is 11.6 Å². The molecule has 0 radical (unpaired) electrons. The Labute approximate surface area is 178 Å². The molecule has 0 atom stereocenters. The van der Waals surface area contributed by atoms with E-state index in [-0.39, 0.29) is 12.1 Å². The van der Waals surface area contributed by atoms with Crippen LogP contribution in [0.25, 0.3) is 5.82 Å². The van der Waals surface area contributed by atoms with Crippen molar-refractivity contribution in [1.29, 1.82) is 0 Å². The Morgan fingerprint density at radius 2 is 2.03 bits per heavy atom. The van der Waals surface area contributed by atoms with Crippen LogP contribution in [-0.2, 0) is 0 Å². The van der Waals surface area contributed by atoms with Crippen LogP contribution in [0.5, 0.6) is 11.6 Å². The monoisotopic (exact) mass is 428 g/mol. The van der Waals surface area contributed by atoms with E-state index in [1.807, 2.05) is 6.07 Å². The molecule has 3 aromatic rings. The molecule has 3 heterocycles. The van der Waals surface area contributed by atoms with Crippen molar-refractivity contribution in [2.45, 2.75) is 18.9 Å². The predicted octanol–water partition coefficient (Wildman–Crippen LogP) is 3.40. The van der Waals surface area contributed by atoms with Crippen molar-refractivity contribution >= 4 is 23.3 Å². The van der Waals surface area contributed by atoms with Gasteiger partial charge in [0.1, 0.15) is 11.9 Å². The number of hydrogen-bond donors (Lipinski definition) is 1. The summed E-state index contributed by atoms with van der Waals surface area (Å²) in [4.78, 5) is 14.3. The summed E-state index contributed by atoms with van der Waals surface area (Å²) in [6.07, 6.45) is 4.84. The largest absolute Gasteiger partial charge is 0.495 e. The van der Waals surface area contributed by atoms with Crippen molar-refractivity contribution in [3.05, 3.63) is 53.8 Å². The normalized spacial score (nSPS) is 14.4. The number of likely N-dealkylation sites (tertiary alicyclic amines) is 1. The van der Waals surface area contributed by atoms with Gasteiger partial charge in [0.25, 0.3) is 0 Å². The highest BCUT2D eigenvalue weighted by Crippen LogP contribution is 2.28. The van der Waals surface area contributed by atoms with Gasteiger partial charge >= 0.3 is 6.03 Å². The van der Waals surface area contributed by atoms with Crippen LogP contribution in [0.2, 0.25) is 5.02 Å². The number of ether oxygens (including phenoxy) is 2. The Hall–Kier alpha value is -3.33. The zero-order valence-electron chi connectivity index (χ0n) is 16.4. The third-order valence-electron chi connectivity index (χ3n) is 4.78.